The van der Waals surface area contributed by atoms with E-state index in [0.29, 0.717) is 18.4 Å². The van der Waals surface area contributed by atoms with Gasteiger partial charge in [0.2, 0.25) is 0 Å². The second-order valence-electron chi connectivity index (χ2n) is 5.36. The Morgan fingerprint density at radius 3 is 2.52 bits per heavy atom. The molecule has 0 aliphatic carbocycles. The lowest BCUT2D eigenvalue weighted by Crippen LogP contribution is -2.09. The summed E-state index contributed by atoms with van der Waals surface area (Å²) in [5, 5.41) is 18.4. The van der Waals surface area contributed by atoms with Gasteiger partial charge in [-0.25, -0.2) is 8.42 Å². The minimum Gasteiger partial charge on any atom is -0.387 e. The van der Waals surface area contributed by atoms with E-state index >= 15 is 0 Å². The first-order valence-electron chi connectivity index (χ1n) is 7.44. The quantitative estimate of drug-likeness (QED) is 0.847. The molecule has 120 valence electrons. The second-order valence-corrected chi connectivity index (χ2v) is 7.47. The fourth-order valence-electron chi connectivity index (χ4n) is 2.35. The van der Waals surface area contributed by atoms with Gasteiger partial charge < -0.3 is 5.11 Å². The van der Waals surface area contributed by atoms with Gasteiger partial charge in [0, 0.05) is 0 Å². The summed E-state index contributed by atoms with van der Waals surface area (Å²) in [6.45, 7) is 0. The van der Waals surface area contributed by atoms with Crippen molar-refractivity contribution in [3.63, 3.8) is 0 Å². The zero-order chi connectivity index (χ0) is 16.7. The molecule has 5 heteroatoms. The third-order valence-electron chi connectivity index (χ3n) is 3.61. The number of aliphatic hydroxyl groups is 1. The Morgan fingerprint density at radius 1 is 1.09 bits per heavy atom. The van der Waals surface area contributed by atoms with Crippen LogP contribution in [0.5, 0.6) is 0 Å². The van der Waals surface area contributed by atoms with Crippen molar-refractivity contribution in [3.8, 4) is 6.07 Å². The van der Waals surface area contributed by atoms with E-state index < -0.39 is 15.9 Å². The molecular formula is C18H19NO3S. The van der Waals surface area contributed by atoms with Crippen molar-refractivity contribution in [2.45, 2.75) is 30.3 Å². The third-order valence-corrected chi connectivity index (χ3v) is 5.41. The van der Waals surface area contributed by atoms with Crippen LogP contribution in [0.25, 0.3) is 0 Å². The van der Waals surface area contributed by atoms with Crippen molar-refractivity contribution in [2.75, 3.05) is 5.75 Å². The largest absolute Gasteiger partial charge is 0.387 e. The molecule has 0 amide bonds. The van der Waals surface area contributed by atoms with Crippen LogP contribution in [0.4, 0.5) is 0 Å². The van der Waals surface area contributed by atoms with Gasteiger partial charge in [-0.1, -0.05) is 42.5 Å². The van der Waals surface area contributed by atoms with Gasteiger partial charge in [-0.15, -0.1) is 0 Å². The molecule has 4 nitrogen and oxygen atoms in total. The highest BCUT2D eigenvalue weighted by Gasteiger charge is 2.16. The van der Waals surface area contributed by atoms with E-state index in [1.807, 2.05) is 36.4 Å². The third kappa shape index (κ3) is 4.92. The van der Waals surface area contributed by atoms with Gasteiger partial charge in [-0.3, -0.25) is 0 Å². The Morgan fingerprint density at radius 2 is 1.83 bits per heavy atom. The molecule has 1 N–H and O–H groups in total. The van der Waals surface area contributed by atoms with Crippen LogP contribution >= 0.6 is 0 Å². The summed E-state index contributed by atoms with van der Waals surface area (Å²) in [4.78, 5) is 0.194. The lowest BCUT2D eigenvalue weighted by molar-refractivity contribution is 0.183. The average Bonchev–Trinajstić information content (AvgIpc) is 2.56. The van der Waals surface area contributed by atoms with Crippen LogP contribution in [-0.2, 0) is 16.3 Å². The van der Waals surface area contributed by atoms with E-state index in [1.54, 1.807) is 12.1 Å². The average molecular weight is 329 g/mol. The molecule has 0 fully saturated rings. The molecule has 0 bridgehead atoms. The van der Waals surface area contributed by atoms with Crippen LogP contribution in [0.1, 0.15) is 30.1 Å². The van der Waals surface area contributed by atoms with Gasteiger partial charge in [-0.2, -0.15) is 5.26 Å². The Bertz CT molecular complexity index is 779. The molecule has 0 saturated carbocycles. The summed E-state index contributed by atoms with van der Waals surface area (Å²) in [6, 6.07) is 17.8. The van der Waals surface area contributed by atoms with Crippen LogP contribution in [0.15, 0.2) is 59.5 Å². The summed E-state index contributed by atoms with van der Waals surface area (Å²) < 4.78 is 24.8. The second kappa shape index (κ2) is 7.91. The van der Waals surface area contributed by atoms with Crippen molar-refractivity contribution in [1.29, 1.82) is 5.26 Å². The monoisotopic (exact) mass is 329 g/mol. The predicted octanol–water partition coefficient (Wildman–Crippen LogP) is 3.04. The lowest BCUT2D eigenvalue weighted by Gasteiger charge is -2.10. The zero-order valence-electron chi connectivity index (χ0n) is 12.7. The van der Waals surface area contributed by atoms with Crippen LogP contribution in [-0.4, -0.2) is 19.3 Å². The normalized spacial score (nSPS) is 12.5. The van der Waals surface area contributed by atoms with Crippen molar-refractivity contribution in [2.24, 2.45) is 0 Å². The molecule has 2 aromatic rings. The molecule has 0 spiro atoms. The SMILES string of the molecule is N#CCC(O)c1cccc(S(=O)(=O)CCCc2ccccc2)c1. The molecule has 0 heterocycles. The lowest BCUT2D eigenvalue weighted by atomic mass is 10.1. The summed E-state index contributed by atoms with van der Waals surface area (Å²) >= 11 is 0. The van der Waals surface area contributed by atoms with Crippen molar-refractivity contribution in [3.05, 3.63) is 65.7 Å². The molecule has 23 heavy (non-hydrogen) atoms. The van der Waals surface area contributed by atoms with Gasteiger partial charge >= 0.3 is 0 Å². The fraction of sp³-hybridized carbons (Fsp3) is 0.278. The highest BCUT2D eigenvalue weighted by molar-refractivity contribution is 7.91. The van der Waals surface area contributed by atoms with Crippen molar-refractivity contribution >= 4 is 9.84 Å². The van der Waals surface area contributed by atoms with E-state index in [-0.39, 0.29) is 17.1 Å². The summed E-state index contributed by atoms with van der Waals surface area (Å²) in [5.41, 5.74) is 1.57. The number of hydrogen-bond donors (Lipinski definition) is 1. The van der Waals surface area contributed by atoms with E-state index in [9.17, 15) is 13.5 Å². The van der Waals surface area contributed by atoms with Gasteiger partial charge in [0.1, 0.15) is 0 Å². The van der Waals surface area contributed by atoms with Crippen molar-refractivity contribution in [1.82, 2.24) is 0 Å². The predicted molar refractivity (Wildman–Crippen MR) is 88.4 cm³/mol. The molecule has 0 aromatic heterocycles. The van der Waals surface area contributed by atoms with Crippen molar-refractivity contribution < 1.29 is 13.5 Å². The molecule has 1 unspecified atom stereocenters. The molecule has 0 radical (unpaired) electrons. The van der Waals surface area contributed by atoms with E-state index in [0.717, 1.165) is 5.56 Å². The minimum absolute atomic E-state index is 0.0553. The molecular weight excluding hydrogens is 310 g/mol. The Labute approximate surface area is 136 Å². The maximum atomic E-state index is 12.4. The number of hydrogen-bond acceptors (Lipinski definition) is 4. The molecule has 1 atom stereocenters. The Hall–Kier alpha value is -2.16. The first kappa shape index (κ1) is 17.2. The standard InChI is InChI=1S/C18H19NO3S/c19-12-11-18(20)16-9-4-10-17(14-16)23(21,22)13-5-8-15-6-2-1-3-7-15/h1-4,6-7,9-10,14,18,20H,5,8,11,13H2. The number of benzene rings is 2. The molecule has 2 rings (SSSR count). The van der Waals surface area contributed by atoms with Crippen LogP contribution < -0.4 is 0 Å². The number of rotatable bonds is 7. The van der Waals surface area contributed by atoms with Gasteiger partial charge in [0.15, 0.2) is 9.84 Å². The highest BCUT2D eigenvalue weighted by atomic mass is 32.2. The number of aryl methyl sites for hydroxylation is 1. The van der Waals surface area contributed by atoms with Crippen LogP contribution in [0.3, 0.4) is 0 Å². The smallest absolute Gasteiger partial charge is 0.178 e. The van der Waals surface area contributed by atoms with Gasteiger partial charge in [-0.05, 0) is 36.1 Å². The number of nitriles is 1. The topological polar surface area (TPSA) is 78.2 Å². The molecule has 2 aromatic carbocycles. The van der Waals surface area contributed by atoms with E-state index in [2.05, 4.69) is 0 Å². The summed E-state index contributed by atoms with van der Waals surface area (Å²) in [7, 11) is -3.40. The Balaban J connectivity index is 2.04. The Kier molecular flexibility index (Phi) is 5.91. The maximum absolute atomic E-state index is 12.4. The molecule has 0 saturated heterocycles. The summed E-state index contributed by atoms with van der Waals surface area (Å²) in [5.74, 6) is 0.0553. The number of nitrogens with zero attached hydrogens (tertiary/aromatic N) is 1. The fourth-order valence-corrected chi connectivity index (χ4v) is 3.71. The van der Waals surface area contributed by atoms with E-state index in [1.165, 1.54) is 12.1 Å². The van der Waals surface area contributed by atoms with Crippen LogP contribution in [0, 0.1) is 11.3 Å². The molecule has 0 aliphatic heterocycles. The first-order chi connectivity index (χ1) is 11.0. The first-order valence-corrected chi connectivity index (χ1v) is 9.10. The highest BCUT2D eigenvalue weighted by Crippen LogP contribution is 2.21. The van der Waals surface area contributed by atoms with Gasteiger partial charge in [0.25, 0.3) is 0 Å². The number of aliphatic hydroxyl groups excluding tert-OH is 1. The zero-order valence-corrected chi connectivity index (χ0v) is 13.5. The maximum Gasteiger partial charge on any atom is 0.178 e. The summed E-state index contributed by atoms with van der Waals surface area (Å²) in [6.07, 6.45) is 0.227. The van der Waals surface area contributed by atoms with Gasteiger partial charge in [0.05, 0.1) is 29.2 Å². The molecule has 0 aliphatic rings. The van der Waals surface area contributed by atoms with E-state index in [4.69, 9.17) is 5.26 Å². The minimum atomic E-state index is -3.40. The number of sulfone groups is 1. The van der Waals surface area contributed by atoms with Crippen LogP contribution in [0.2, 0.25) is 0 Å².